The Kier molecular flexibility index (Phi) is 6.00. The number of thiophene rings is 1. The number of hydrogen-bond donors (Lipinski definition) is 1. The summed E-state index contributed by atoms with van der Waals surface area (Å²) in [7, 11) is -3.53. The van der Waals surface area contributed by atoms with E-state index < -0.39 is 7.60 Å². The third-order valence-corrected chi connectivity index (χ3v) is 6.04. The molecule has 2 aromatic rings. The minimum Gasteiger partial charge on any atom is -0.424 e. The normalized spacial score (nSPS) is 19.4. The molecule has 0 fully saturated rings. The average Bonchev–Trinajstić information content (AvgIpc) is 3.06. The molecule has 0 amide bonds. The van der Waals surface area contributed by atoms with E-state index in [4.69, 9.17) is 4.52 Å². The summed E-state index contributed by atoms with van der Waals surface area (Å²) in [5.41, 5.74) is 2.34. The lowest BCUT2D eigenvalue weighted by molar-refractivity contribution is 0.172. The fourth-order valence-corrected chi connectivity index (χ4v) is 4.88. The summed E-state index contributed by atoms with van der Waals surface area (Å²) in [5, 5.41) is 2.14. The molecule has 1 aliphatic rings. The molecule has 0 spiro atoms. The molecule has 1 heterocycles. The predicted octanol–water partition coefficient (Wildman–Crippen LogP) is 4.71. The summed E-state index contributed by atoms with van der Waals surface area (Å²) in [6.07, 6.45) is 4.05. The molecule has 25 heavy (non-hydrogen) atoms. The standard InChI is InChI=1S/C19H26NO3PS/c1-3-11-20(14-17-7-5-12-25-17)16-9-10-18-15(13-16)6-4-8-19(18)23-24(2,21)22/h4-8,12,16H,3,9-11,13-14H2,1-2H3,(H,21,22)/t16-/m0/s1. The van der Waals surface area contributed by atoms with Crippen LogP contribution in [0, 0.1) is 0 Å². The highest BCUT2D eigenvalue weighted by atomic mass is 32.1. The van der Waals surface area contributed by atoms with E-state index in [1.54, 1.807) is 6.07 Å². The first-order chi connectivity index (χ1) is 12.0. The summed E-state index contributed by atoms with van der Waals surface area (Å²) in [6.45, 7) is 5.56. The highest BCUT2D eigenvalue weighted by Gasteiger charge is 2.27. The van der Waals surface area contributed by atoms with Gasteiger partial charge in [0.1, 0.15) is 5.75 Å². The van der Waals surface area contributed by atoms with Gasteiger partial charge in [-0.3, -0.25) is 4.90 Å². The molecule has 1 aromatic heterocycles. The molecule has 0 saturated heterocycles. The van der Waals surface area contributed by atoms with Crippen molar-refractivity contribution in [1.29, 1.82) is 0 Å². The topological polar surface area (TPSA) is 49.8 Å². The van der Waals surface area contributed by atoms with E-state index in [1.807, 2.05) is 17.4 Å². The van der Waals surface area contributed by atoms with Crippen molar-refractivity contribution in [2.75, 3.05) is 13.2 Å². The second kappa shape index (κ2) is 8.05. The molecule has 0 saturated carbocycles. The molecule has 4 nitrogen and oxygen atoms in total. The highest BCUT2D eigenvalue weighted by Crippen LogP contribution is 2.42. The molecule has 1 aliphatic carbocycles. The molecule has 136 valence electrons. The summed E-state index contributed by atoms with van der Waals surface area (Å²) < 4.78 is 17.0. The Balaban J connectivity index is 1.77. The number of nitrogens with zero attached hydrogens (tertiary/aromatic N) is 1. The number of hydrogen-bond acceptors (Lipinski definition) is 4. The van der Waals surface area contributed by atoms with Crippen LogP contribution >= 0.6 is 18.9 Å². The van der Waals surface area contributed by atoms with Crippen LogP contribution in [0.25, 0.3) is 0 Å². The van der Waals surface area contributed by atoms with E-state index in [-0.39, 0.29) is 0 Å². The van der Waals surface area contributed by atoms with Gasteiger partial charge >= 0.3 is 7.60 Å². The average molecular weight is 379 g/mol. The highest BCUT2D eigenvalue weighted by molar-refractivity contribution is 7.52. The lowest BCUT2D eigenvalue weighted by Gasteiger charge is -2.35. The molecule has 3 rings (SSSR count). The molecule has 0 bridgehead atoms. The zero-order valence-electron chi connectivity index (χ0n) is 14.9. The molecule has 1 aromatic carbocycles. The van der Waals surface area contributed by atoms with Crippen LogP contribution in [-0.2, 0) is 24.0 Å². The molecule has 0 aliphatic heterocycles. The lowest BCUT2D eigenvalue weighted by atomic mass is 9.86. The van der Waals surface area contributed by atoms with E-state index in [1.165, 1.54) is 17.1 Å². The zero-order valence-corrected chi connectivity index (χ0v) is 16.6. The number of rotatable bonds is 7. The molecule has 0 radical (unpaired) electrons. The number of fused-ring (bicyclic) bond motifs is 1. The lowest BCUT2D eigenvalue weighted by Crippen LogP contribution is -2.39. The molecule has 2 atom stereocenters. The van der Waals surface area contributed by atoms with Crippen molar-refractivity contribution in [1.82, 2.24) is 4.90 Å². The molecule has 1 unspecified atom stereocenters. The van der Waals surface area contributed by atoms with Crippen LogP contribution in [0.2, 0.25) is 0 Å². The van der Waals surface area contributed by atoms with Crippen molar-refractivity contribution in [2.24, 2.45) is 0 Å². The van der Waals surface area contributed by atoms with Crippen LogP contribution in [0.1, 0.15) is 35.8 Å². The Morgan fingerprint density at radius 1 is 1.36 bits per heavy atom. The maximum absolute atomic E-state index is 11.6. The third kappa shape index (κ3) is 4.95. The van der Waals surface area contributed by atoms with Gasteiger partial charge in [0.05, 0.1) is 0 Å². The van der Waals surface area contributed by atoms with Crippen LogP contribution in [0.3, 0.4) is 0 Å². The minimum absolute atomic E-state index is 0.507. The monoisotopic (exact) mass is 379 g/mol. The summed E-state index contributed by atoms with van der Waals surface area (Å²) in [6, 6.07) is 10.7. The van der Waals surface area contributed by atoms with E-state index in [2.05, 4.69) is 35.4 Å². The van der Waals surface area contributed by atoms with E-state index in [9.17, 15) is 9.46 Å². The van der Waals surface area contributed by atoms with E-state index in [0.29, 0.717) is 11.8 Å². The first-order valence-corrected chi connectivity index (χ1v) is 11.7. The van der Waals surface area contributed by atoms with Gasteiger partial charge in [0, 0.05) is 24.1 Å². The Hall–Kier alpha value is -1.13. The first-order valence-electron chi connectivity index (χ1n) is 8.83. The zero-order chi connectivity index (χ0) is 17.9. The van der Waals surface area contributed by atoms with Crippen LogP contribution in [-0.4, -0.2) is 29.0 Å². The second-order valence-corrected chi connectivity index (χ2v) is 9.56. The second-order valence-electron chi connectivity index (χ2n) is 6.73. The third-order valence-electron chi connectivity index (χ3n) is 4.65. The Morgan fingerprint density at radius 3 is 2.88 bits per heavy atom. The molecular formula is C19H26NO3PS. The Bertz CT molecular complexity index is 741. The fraction of sp³-hybridized carbons (Fsp3) is 0.474. The largest absolute Gasteiger partial charge is 0.424 e. The fourth-order valence-electron chi connectivity index (χ4n) is 3.61. The van der Waals surface area contributed by atoms with Crippen LogP contribution in [0.15, 0.2) is 35.7 Å². The van der Waals surface area contributed by atoms with Crippen molar-refractivity contribution in [3.8, 4) is 5.75 Å². The van der Waals surface area contributed by atoms with Crippen molar-refractivity contribution in [3.05, 3.63) is 51.7 Å². The van der Waals surface area contributed by atoms with Gasteiger partial charge in [-0.2, -0.15) is 0 Å². The van der Waals surface area contributed by atoms with Gasteiger partial charge < -0.3 is 9.42 Å². The summed E-state index contributed by atoms with van der Waals surface area (Å²) in [5.74, 6) is 0.574. The van der Waals surface area contributed by atoms with Gasteiger partial charge in [0.15, 0.2) is 0 Å². The van der Waals surface area contributed by atoms with Crippen molar-refractivity contribution >= 4 is 18.9 Å². The van der Waals surface area contributed by atoms with Crippen LogP contribution < -0.4 is 4.52 Å². The first kappa shape index (κ1) is 18.7. The SMILES string of the molecule is CCCN(Cc1cccs1)[C@H]1CCc2c(cccc2OP(C)(=O)O)C1. The minimum atomic E-state index is -3.53. The van der Waals surface area contributed by atoms with Crippen molar-refractivity contribution < 1.29 is 14.0 Å². The maximum Gasteiger partial charge on any atom is 0.373 e. The van der Waals surface area contributed by atoms with Crippen molar-refractivity contribution in [3.63, 3.8) is 0 Å². The van der Waals surface area contributed by atoms with Crippen molar-refractivity contribution in [2.45, 2.75) is 45.2 Å². The summed E-state index contributed by atoms with van der Waals surface area (Å²) in [4.78, 5) is 13.5. The van der Waals surface area contributed by atoms with Crippen LogP contribution in [0.5, 0.6) is 5.75 Å². The predicted molar refractivity (Wildman–Crippen MR) is 104 cm³/mol. The molecular weight excluding hydrogens is 353 g/mol. The van der Waals surface area contributed by atoms with Gasteiger partial charge in [-0.1, -0.05) is 25.1 Å². The molecule has 6 heteroatoms. The quantitative estimate of drug-likeness (QED) is 0.708. The van der Waals surface area contributed by atoms with Crippen LogP contribution in [0.4, 0.5) is 0 Å². The van der Waals surface area contributed by atoms with Gasteiger partial charge in [-0.15, -0.1) is 11.3 Å². The van der Waals surface area contributed by atoms with Gasteiger partial charge in [-0.05, 0) is 60.9 Å². The van der Waals surface area contributed by atoms with E-state index in [0.717, 1.165) is 44.3 Å². The Morgan fingerprint density at radius 2 is 2.20 bits per heavy atom. The van der Waals surface area contributed by atoms with Gasteiger partial charge in [0.25, 0.3) is 0 Å². The molecule has 1 N–H and O–H groups in total. The van der Waals surface area contributed by atoms with Gasteiger partial charge in [-0.25, -0.2) is 4.57 Å². The van der Waals surface area contributed by atoms with E-state index >= 15 is 0 Å². The van der Waals surface area contributed by atoms with Gasteiger partial charge in [0.2, 0.25) is 0 Å². The maximum atomic E-state index is 11.6. The summed E-state index contributed by atoms with van der Waals surface area (Å²) >= 11 is 1.82. The smallest absolute Gasteiger partial charge is 0.373 e. The number of benzene rings is 1. The Labute approximate surface area is 154 Å².